The number of hydrogen-bond donors (Lipinski definition) is 1. The Hall–Kier alpha value is -2.01. The van der Waals surface area contributed by atoms with Crippen LogP contribution in [0.15, 0.2) is 36.7 Å². The van der Waals surface area contributed by atoms with Gasteiger partial charge >= 0.3 is 6.03 Å². The van der Waals surface area contributed by atoms with Crippen molar-refractivity contribution < 1.29 is 4.79 Å². The monoisotopic (exact) mass is 346 g/mol. The Morgan fingerprint density at radius 3 is 2.46 bits per heavy atom. The Bertz CT molecular complexity index is 660. The molecule has 0 saturated carbocycles. The topological polar surface area (TPSA) is 50.2 Å². The van der Waals surface area contributed by atoms with Crippen LogP contribution in [0.3, 0.4) is 0 Å². The van der Waals surface area contributed by atoms with Crippen molar-refractivity contribution in [1.82, 2.24) is 20.0 Å². The van der Waals surface area contributed by atoms with Crippen molar-refractivity contribution in [3.8, 4) is 5.69 Å². The summed E-state index contributed by atoms with van der Waals surface area (Å²) in [7, 11) is 0. The summed E-state index contributed by atoms with van der Waals surface area (Å²) in [6.45, 7) is 2.20. The van der Waals surface area contributed by atoms with Gasteiger partial charge in [-0.2, -0.15) is 5.10 Å². The molecular formula is C18H23ClN4O. The molecule has 1 fully saturated rings. The van der Waals surface area contributed by atoms with Gasteiger partial charge in [-0.15, -0.1) is 0 Å². The number of amides is 2. The van der Waals surface area contributed by atoms with E-state index in [2.05, 4.69) is 10.4 Å². The number of halogens is 1. The third kappa shape index (κ3) is 4.51. The maximum atomic E-state index is 12.3. The molecule has 1 aliphatic heterocycles. The maximum Gasteiger partial charge on any atom is 0.317 e. The highest BCUT2D eigenvalue weighted by atomic mass is 35.5. The Labute approximate surface area is 147 Å². The van der Waals surface area contributed by atoms with E-state index in [1.807, 2.05) is 35.4 Å². The molecule has 5 nitrogen and oxygen atoms in total. The molecule has 0 unspecified atom stereocenters. The number of nitrogens with zero attached hydrogens (tertiary/aromatic N) is 3. The fourth-order valence-corrected chi connectivity index (χ4v) is 3.05. The molecule has 2 heterocycles. The van der Waals surface area contributed by atoms with Gasteiger partial charge in [0.1, 0.15) is 0 Å². The van der Waals surface area contributed by atoms with Crippen molar-refractivity contribution in [2.75, 3.05) is 13.1 Å². The van der Waals surface area contributed by atoms with Gasteiger partial charge in [-0.1, -0.05) is 30.9 Å². The SMILES string of the molecule is O=C(NCc1cnn(-c2ccc(Cl)cc2)c1)N1CCCCCCC1. The van der Waals surface area contributed by atoms with Gasteiger partial charge in [0.05, 0.1) is 11.9 Å². The van der Waals surface area contributed by atoms with E-state index in [-0.39, 0.29) is 6.03 Å². The van der Waals surface area contributed by atoms with E-state index in [1.165, 1.54) is 19.3 Å². The lowest BCUT2D eigenvalue weighted by molar-refractivity contribution is 0.192. The van der Waals surface area contributed by atoms with Crippen LogP contribution >= 0.6 is 11.6 Å². The van der Waals surface area contributed by atoms with Crippen LogP contribution in [0, 0.1) is 0 Å². The minimum Gasteiger partial charge on any atom is -0.334 e. The predicted octanol–water partition coefficient (Wildman–Crippen LogP) is 4.00. The number of carbonyl (C=O) groups is 1. The zero-order valence-corrected chi connectivity index (χ0v) is 14.5. The number of benzene rings is 1. The van der Waals surface area contributed by atoms with Gasteiger partial charge in [-0.3, -0.25) is 0 Å². The molecule has 1 saturated heterocycles. The second kappa shape index (κ2) is 8.20. The second-order valence-corrected chi connectivity index (χ2v) is 6.62. The van der Waals surface area contributed by atoms with Crippen LogP contribution in [-0.2, 0) is 6.54 Å². The summed E-state index contributed by atoms with van der Waals surface area (Å²) in [5.41, 5.74) is 1.92. The molecule has 6 heteroatoms. The van der Waals surface area contributed by atoms with E-state index in [0.29, 0.717) is 11.6 Å². The normalized spacial score (nSPS) is 15.6. The standard InChI is InChI=1S/C18H23ClN4O/c19-16-6-8-17(9-7-16)23-14-15(13-21-23)12-20-18(24)22-10-4-2-1-3-5-11-22/h6-9,13-14H,1-5,10-12H2,(H,20,24). The van der Waals surface area contributed by atoms with Gasteiger partial charge < -0.3 is 10.2 Å². The zero-order chi connectivity index (χ0) is 16.8. The molecule has 0 bridgehead atoms. The lowest BCUT2D eigenvalue weighted by Crippen LogP contribution is -2.41. The molecule has 0 aliphatic carbocycles. The summed E-state index contributed by atoms with van der Waals surface area (Å²) in [5, 5.41) is 8.05. The summed E-state index contributed by atoms with van der Waals surface area (Å²) in [6, 6.07) is 7.52. The van der Waals surface area contributed by atoms with E-state index in [1.54, 1.807) is 10.9 Å². The highest BCUT2D eigenvalue weighted by molar-refractivity contribution is 6.30. The summed E-state index contributed by atoms with van der Waals surface area (Å²) < 4.78 is 1.79. The number of rotatable bonds is 3. The lowest BCUT2D eigenvalue weighted by Gasteiger charge is -2.24. The van der Waals surface area contributed by atoms with Crippen molar-refractivity contribution in [2.45, 2.75) is 38.6 Å². The minimum atomic E-state index is 0.0242. The van der Waals surface area contributed by atoms with Crippen LogP contribution in [0.4, 0.5) is 4.79 Å². The summed E-state index contributed by atoms with van der Waals surface area (Å²) in [6.07, 6.45) is 9.64. The molecule has 1 aromatic heterocycles. The van der Waals surface area contributed by atoms with Gasteiger partial charge in [0.15, 0.2) is 0 Å². The van der Waals surface area contributed by atoms with Crippen molar-refractivity contribution in [2.24, 2.45) is 0 Å². The molecule has 3 rings (SSSR count). The molecule has 0 radical (unpaired) electrons. The van der Waals surface area contributed by atoms with Crippen LogP contribution in [0.2, 0.25) is 5.02 Å². The van der Waals surface area contributed by atoms with E-state index >= 15 is 0 Å². The van der Waals surface area contributed by atoms with Crippen LogP contribution < -0.4 is 5.32 Å². The van der Waals surface area contributed by atoms with E-state index in [0.717, 1.165) is 37.2 Å². The first kappa shape index (κ1) is 16.8. The Balaban J connectivity index is 1.54. The Kier molecular flexibility index (Phi) is 5.75. The van der Waals surface area contributed by atoms with Crippen LogP contribution in [0.1, 0.15) is 37.7 Å². The Morgan fingerprint density at radius 1 is 1.08 bits per heavy atom. The quantitative estimate of drug-likeness (QED) is 0.913. The van der Waals surface area contributed by atoms with Crippen molar-refractivity contribution in [1.29, 1.82) is 0 Å². The molecule has 2 aromatic rings. The van der Waals surface area contributed by atoms with Crippen LogP contribution in [0.25, 0.3) is 5.69 Å². The van der Waals surface area contributed by atoms with E-state index in [4.69, 9.17) is 11.6 Å². The largest absolute Gasteiger partial charge is 0.334 e. The number of carbonyl (C=O) groups excluding carboxylic acids is 1. The summed E-state index contributed by atoms with van der Waals surface area (Å²) >= 11 is 5.90. The average molecular weight is 347 g/mol. The number of likely N-dealkylation sites (tertiary alicyclic amines) is 1. The van der Waals surface area contributed by atoms with Crippen molar-refractivity contribution in [3.05, 3.63) is 47.2 Å². The third-order valence-corrected chi connectivity index (χ3v) is 4.57. The predicted molar refractivity (Wildman–Crippen MR) is 95.5 cm³/mol. The number of hydrogen-bond acceptors (Lipinski definition) is 2. The Morgan fingerprint density at radius 2 is 1.75 bits per heavy atom. The fraction of sp³-hybridized carbons (Fsp3) is 0.444. The van der Waals surface area contributed by atoms with Gasteiger partial charge in [0.25, 0.3) is 0 Å². The van der Waals surface area contributed by atoms with Gasteiger partial charge in [0.2, 0.25) is 0 Å². The molecule has 0 spiro atoms. The first-order valence-electron chi connectivity index (χ1n) is 8.54. The van der Waals surface area contributed by atoms with E-state index in [9.17, 15) is 4.79 Å². The van der Waals surface area contributed by atoms with Crippen LogP contribution in [0.5, 0.6) is 0 Å². The zero-order valence-electron chi connectivity index (χ0n) is 13.7. The fourth-order valence-electron chi connectivity index (χ4n) is 2.93. The maximum absolute atomic E-state index is 12.3. The number of nitrogens with one attached hydrogen (secondary N) is 1. The summed E-state index contributed by atoms with van der Waals surface area (Å²) in [4.78, 5) is 14.3. The van der Waals surface area contributed by atoms with Gasteiger partial charge in [-0.05, 0) is 37.1 Å². The second-order valence-electron chi connectivity index (χ2n) is 6.18. The highest BCUT2D eigenvalue weighted by Crippen LogP contribution is 2.14. The highest BCUT2D eigenvalue weighted by Gasteiger charge is 2.14. The molecule has 1 N–H and O–H groups in total. The van der Waals surface area contributed by atoms with E-state index < -0.39 is 0 Å². The lowest BCUT2D eigenvalue weighted by atomic mass is 10.1. The molecule has 2 amide bonds. The number of aromatic nitrogens is 2. The molecular weight excluding hydrogens is 324 g/mol. The molecule has 24 heavy (non-hydrogen) atoms. The van der Waals surface area contributed by atoms with Gasteiger partial charge in [-0.25, -0.2) is 9.48 Å². The molecule has 0 atom stereocenters. The molecule has 1 aliphatic rings. The van der Waals surface area contributed by atoms with Crippen molar-refractivity contribution >= 4 is 17.6 Å². The first-order chi connectivity index (χ1) is 11.7. The number of urea groups is 1. The first-order valence-corrected chi connectivity index (χ1v) is 8.92. The minimum absolute atomic E-state index is 0.0242. The summed E-state index contributed by atoms with van der Waals surface area (Å²) in [5.74, 6) is 0. The van der Waals surface area contributed by atoms with Crippen LogP contribution in [-0.4, -0.2) is 33.8 Å². The van der Waals surface area contributed by atoms with Crippen molar-refractivity contribution in [3.63, 3.8) is 0 Å². The molecule has 1 aromatic carbocycles. The van der Waals surface area contributed by atoms with Gasteiger partial charge in [0, 0.05) is 36.4 Å². The average Bonchev–Trinajstić information content (AvgIpc) is 3.02. The third-order valence-electron chi connectivity index (χ3n) is 4.31. The smallest absolute Gasteiger partial charge is 0.317 e. The molecule has 128 valence electrons.